The number of fused-ring (bicyclic) bond motifs is 4. The van der Waals surface area contributed by atoms with Crippen molar-refractivity contribution < 1.29 is 73.2 Å². The van der Waals surface area contributed by atoms with Crippen LogP contribution in [0.3, 0.4) is 0 Å². The van der Waals surface area contributed by atoms with Crippen molar-refractivity contribution in [1.29, 1.82) is 0 Å². The molecular formula is C72H108N16O15. The third-order valence-corrected chi connectivity index (χ3v) is 21.3. The summed E-state index contributed by atoms with van der Waals surface area (Å²) in [7, 11) is 0. The number of rotatable bonds is 37. The second-order valence-electron chi connectivity index (χ2n) is 28.4. The topological polar surface area (TPSA) is 497 Å². The number of carbonyl (C=O) groups excluding carboxylic acids is 9. The van der Waals surface area contributed by atoms with Crippen LogP contribution in [0.4, 0.5) is 0 Å². The van der Waals surface area contributed by atoms with Crippen molar-refractivity contribution in [2.75, 3.05) is 32.8 Å². The number of carbonyl (C=O) groups is 11. The minimum Gasteiger partial charge on any atom is -0.480 e. The highest BCUT2D eigenvalue weighted by atomic mass is 16.4. The molecule has 4 unspecified atom stereocenters. The van der Waals surface area contributed by atoms with Crippen LogP contribution in [-0.4, -0.2) is 216 Å². The van der Waals surface area contributed by atoms with Crippen LogP contribution in [0.25, 0.3) is 0 Å². The first kappa shape index (κ1) is 79.7. The minimum atomic E-state index is -1.80. The van der Waals surface area contributed by atoms with Crippen molar-refractivity contribution >= 4 is 77.0 Å². The van der Waals surface area contributed by atoms with E-state index in [0.717, 1.165) is 81.8 Å². The molecule has 0 bridgehead atoms. The maximum Gasteiger partial charge on any atom is 0.326 e. The van der Waals surface area contributed by atoms with Gasteiger partial charge in [0.25, 0.3) is 0 Å². The zero-order valence-corrected chi connectivity index (χ0v) is 59.0. The van der Waals surface area contributed by atoms with E-state index in [4.69, 9.17) is 28.7 Å². The lowest BCUT2D eigenvalue weighted by molar-refractivity contribution is -0.154. The largest absolute Gasteiger partial charge is 0.480 e. The molecule has 2 aliphatic carbocycles. The Morgan fingerprint density at radius 1 is 0.466 bits per heavy atom. The lowest BCUT2D eigenvalue weighted by Gasteiger charge is -2.42. The Hall–Kier alpha value is -8.97. The molecule has 0 spiro atoms. The summed E-state index contributed by atoms with van der Waals surface area (Å²) in [5, 5.41) is 55.6. The van der Waals surface area contributed by atoms with E-state index >= 15 is 19.2 Å². The second kappa shape index (κ2) is 39.1. The third kappa shape index (κ3) is 21.6. The van der Waals surface area contributed by atoms with Crippen molar-refractivity contribution in [3.05, 3.63) is 70.8 Å². The third-order valence-electron chi connectivity index (χ3n) is 21.3. The Balaban J connectivity index is 1.02. The van der Waals surface area contributed by atoms with Crippen LogP contribution < -0.4 is 55.3 Å². The van der Waals surface area contributed by atoms with Crippen LogP contribution in [0.5, 0.6) is 0 Å². The summed E-state index contributed by atoms with van der Waals surface area (Å²) in [6.45, 7) is -1.51. The number of carboxylic acid groups (broad SMARTS) is 2. The molecule has 2 aromatic carbocycles. The molecule has 8 rings (SSSR count). The van der Waals surface area contributed by atoms with E-state index in [1.54, 1.807) is 36.4 Å². The van der Waals surface area contributed by atoms with E-state index < -0.39 is 151 Å². The molecule has 4 heterocycles. The van der Waals surface area contributed by atoms with Gasteiger partial charge in [-0.15, -0.1) is 0 Å². The maximum absolute atomic E-state index is 15.5. The Labute approximate surface area is 601 Å². The van der Waals surface area contributed by atoms with E-state index in [1.165, 1.54) is 19.6 Å². The Morgan fingerprint density at radius 2 is 0.864 bits per heavy atom. The summed E-state index contributed by atoms with van der Waals surface area (Å²) in [5.41, 5.74) is 30.3. The predicted molar refractivity (Wildman–Crippen MR) is 380 cm³/mol. The van der Waals surface area contributed by atoms with Crippen molar-refractivity contribution in [3.8, 4) is 0 Å². The molecule has 6 aliphatic rings. The quantitative estimate of drug-likeness (QED) is 0.0243. The van der Waals surface area contributed by atoms with Crippen molar-refractivity contribution in [2.45, 2.75) is 253 Å². The highest BCUT2D eigenvalue weighted by molar-refractivity contribution is 6.00. The summed E-state index contributed by atoms with van der Waals surface area (Å²) in [6, 6.07) is 0.531. The molecule has 19 N–H and O–H groups in total. The molecule has 566 valence electrons. The van der Waals surface area contributed by atoms with E-state index in [2.05, 4.69) is 36.6 Å². The van der Waals surface area contributed by atoms with E-state index in [1.807, 2.05) is 12.1 Å². The second-order valence-corrected chi connectivity index (χ2v) is 28.4. The molecule has 4 fully saturated rings. The molecule has 2 aromatic rings. The average Bonchev–Trinajstić information content (AvgIpc) is 1.69. The van der Waals surface area contributed by atoms with Crippen LogP contribution in [0, 0.1) is 11.8 Å². The molecule has 13 atom stereocenters. The molecule has 4 aliphatic heterocycles. The van der Waals surface area contributed by atoms with Crippen LogP contribution >= 0.6 is 0 Å². The Morgan fingerprint density at radius 3 is 1.28 bits per heavy atom. The van der Waals surface area contributed by atoms with Gasteiger partial charge in [-0.3, -0.25) is 53.1 Å². The summed E-state index contributed by atoms with van der Waals surface area (Å²) < 4.78 is 0. The molecule has 2 saturated carbocycles. The lowest BCUT2D eigenvalue weighted by Crippen LogP contribution is -2.63. The van der Waals surface area contributed by atoms with E-state index in [-0.39, 0.29) is 108 Å². The van der Waals surface area contributed by atoms with Crippen molar-refractivity contribution in [2.24, 2.45) is 50.5 Å². The monoisotopic (exact) mass is 1440 g/mol. The first-order valence-corrected chi connectivity index (χ1v) is 36.9. The van der Waals surface area contributed by atoms with Crippen LogP contribution in [-0.2, 0) is 78.7 Å². The molecule has 9 amide bonds. The summed E-state index contributed by atoms with van der Waals surface area (Å²) in [6.07, 6.45) is 13.5. The number of aliphatic hydroxyl groups excluding tert-OH is 2. The van der Waals surface area contributed by atoms with Gasteiger partial charge in [0.2, 0.25) is 53.2 Å². The van der Waals surface area contributed by atoms with Crippen molar-refractivity contribution in [3.63, 3.8) is 0 Å². The number of hydrogen-bond acceptors (Lipinski definition) is 16. The fraction of sp³-hybridized carbons (Fsp3) is 0.653. The van der Waals surface area contributed by atoms with Gasteiger partial charge in [-0.1, -0.05) is 119 Å². The van der Waals surface area contributed by atoms with Crippen LogP contribution in [0.15, 0.2) is 58.5 Å². The van der Waals surface area contributed by atoms with Gasteiger partial charge in [0.1, 0.15) is 54.4 Å². The van der Waals surface area contributed by atoms with E-state index in [9.17, 15) is 54.0 Å². The Kier molecular flexibility index (Phi) is 30.2. The Bertz CT molecular complexity index is 3370. The molecule has 103 heavy (non-hydrogen) atoms. The smallest absolute Gasteiger partial charge is 0.326 e. The number of carboxylic acids is 2. The zero-order chi connectivity index (χ0) is 74.3. The number of amides is 9. The lowest BCUT2D eigenvalue weighted by atomic mass is 9.84. The van der Waals surface area contributed by atoms with Gasteiger partial charge in [-0.05, 0) is 118 Å². The van der Waals surface area contributed by atoms with Crippen molar-refractivity contribution in [1.82, 2.24) is 46.2 Å². The number of unbranched alkanes of at least 4 members (excludes halogenated alkanes) is 8. The van der Waals surface area contributed by atoms with Gasteiger partial charge in [-0.25, -0.2) is 9.59 Å². The number of likely N-dealkylation sites (tertiary alicyclic amines) is 2. The number of nitrogens with one attached hydrogen (secondary N) is 5. The molecule has 0 aromatic heterocycles. The minimum absolute atomic E-state index is 0.0172. The molecule has 31 heteroatoms. The first-order chi connectivity index (χ1) is 49.5. The number of nitrogens with zero attached hydrogens (tertiary/aromatic N) is 6. The van der Waals surface area contributed by atoms with Crippen LogP contribution in [0.1, 0.15) is 183 Å². The fourth-order valence-corrected chi connectivity index (χ4v) is 16.0. The molecule has 0 radical (unpaired) electrons. The average molecular weight is 1440 g/mol. The van der Waals surface area contributed by atoms with Gasteiger partial charge in [0.15, 0.2) is 11.9 Å². The fourth-order valence-electron chi connectivity index (χ4n) is 16.0. The number of guanidine groups is 2. The van der Waals surface area contributed by atoms with E-state index in [0.29, 0.717) is 56.2 Å². The van der Waals surface area contributed by atoms with Gasteiger partial charge in [0, 0.05) is 57.5 Å². The first-order valence-electron chi connectivity index (χ1n) is 36.9. The standard InChI is InChI=1S/C72H108N16O15/c73-31-17-7-5-3-1-2-4-6-8-30-60(91)80-51(62(93)84-53(42-90)66(97)86-40-48-25-12-10-21-44(48)35-59(86)68(99)88-55-29-16-14-23-46(55)37-57(88)64(95)83-50(70(102)103)27-19-33-79-72(76)77)38-61(92)81-52(41-89)65(96)85-39-47-24-11-9-20-43(47)34-58(85)67(98)87-54-28-15-13-22-45(54)36-56(87)63(94)82-49(69(100)101)26-18-32-78-71(74)75/h9-12,20-21,24-25,45-46,49-59,89-90H,1-8,13-19,22-23,26-42,73H2,(H,80,91)(H,81,92)(H,82,94)(H,83,95)(H,84,93)(H,100,101)(H,102,103)(H4,74,75,78)(H4,76,77,79)/t45?,46?,49-,50-,51+,52-,53-,54?,55?,56-,57-,58+,59+/m0/s1. The molecular weight excluding hydrogens is 1330 g/mol. The highest BCUT2D eigenvalue weighted by Crippen LogP contribution is 2.43. The number of benzene rings is 2. The summed E-state index contributed by atoms with van der Waals surface area (Å²) >= 11 is 0. The normalized spacial score (nSPS) is 22.6. The SMILES string of the molecule is NCCCCCCCCCCCC(=O)N[C@H](CC(=O)N[C@@H](CO)C(=O)N1Cc2ccccc2C[C@@H]1C(=O)N1C2CCCCC2C[C@H]1C(=O)N[C@@H](CCCN=C(N)N)C(=O)O)C(=O)N[C@@H](CO)C(=O)N1Cc2ccccc2C[C@@H]1C(=O)N1C2CCCCC2C[C@H]1C(=O)N[C@@H](CCCN=C(N)N)C(=O)O. The van der Waals surface area contributed by atoms with Gasteiger partial charge in [-0.2, -0.15) is 0 Å². The number of aliphatic carboxylic acids is 2. The number of aliphatic hydroxyl groups is 2. The summed E-state index contributed by atoms with van der Waals surface area (Å²) in [4.78, 5) is 172. The van der Waals surface area contributed by atoms with Gasteiger partial charge >= 0.3 is 11.9 Å². The van der Waals surface area contributed by atoms with Crippen LogP contribution in [0.2, 0.25) is 0 Å². The van der Waals surface area contributed by atoms with Gasteiger partial charge < -0.3 is 95.3 Å². The molecule has 2 saturated heterocycles. The highest BCUT2D eigenvalue weighted by Gasteiger charge is 2.54. The number of nitrogens with two attached hydrogens (primary N) is 5. The number of hydrogen-bond donors (Lipinski definition) is 14. The summed E-state index contributed by atoms with van der Waals surface area (Å²) in [5.74, 6) is -10.3. The molecule has 31 nitrogen and oxygen atoms in total. The predicted octanol–water partition coefficient (Wildman–Crippen LogP) is 0.148. The number of aliphatic imine (C=N–C) groups is 2. The zero-order valence-electron chi connectivity index (χ0n) is 59.0. The van der Waals surface area contributed by atoms with Gasteiger partial charge in [0.05, 0.1) is 19.6 Å². The maximum atomic E-state index is 15.5.